The van der Waals surface area contributed by atoms with Crippen molar-refractivity contribution >= 4 is 27.5 Å². The molecule has 1 aliphatic rings. The van der Waals surface area contributed by atoms with Crippen molar-refractivity contribution in [3.8, 4) is 0 Å². The number of alkyl halides is 1. The van der Waals surface area contributed by atoms with Crippen molar-refractivity contribution in [3.05, 3.63) is 33.8 Å². The third-order valence-corrected chi connectivity index (χ3v) is 3.30. The molecular formula is C10H10BrCl. The van der Waals surface area contributed by atoms with Crippen LogP contribution in [0.5, 0.6) is 0 Å². The van der Waals surface area contributed by atoms with Gasteiger partial charge in [-0.15, -0.1) is 11.6 Å². The fourth-order valence-corrected chi connectivity index (χ4v) is 2.45. The Morgan fingerprint density at radius 1 is 1.42 bits per heavy atom. The highest BCUT2D eigenvalue weighted by Gasteiger charge is 2.17. The van der Waals surface area contributed by atoms with Crippen molar-refractivity contribution in [3.63, 3.8) is 0 Å². The summed E-state index contributed by atoms with van der Waals surface area (Å²) in [4.78, 5) is 0. The molecule has 1 aliphatic carbocycles. The van der Waals surface area contributed by atoms with E-state index in [2.05, 4.69) is 34.1 Å². The Labute approximate surface area is 86.1 Å². The number of hydrogen-bond donors (Lipinski definition) is 0. The molecule has 0 amide bonds. The lowest BCUT2D eigenvalue weighted by molar-refractivity contribution is 0.667. The lowest BCUT2D eigenvalue weighted by Gasteiger charge is -2.20. The van der Waals surface area contributed by atoms with Gasteiger partial charge in [0.15, 0.2) is 0 Å². The summed E-state index contributed by atoms with van der Waals surface area (Å²) in [7, 11) is 0. The predicted molar refractivity (Wildman–Crippen MR) is 55.7 cm³/mol. The molecule has 1 aromatic rings. The normalized spacial score (nSPS) is 22.0. The van der Waals surface area contributed by atoms with E-state index >= 15 is 0 Å². The second-order valence-corrected chi connectivity index (χ2v) is 4.65. The minimum Gasteiger partial charge on any atom is -0.118 e. The maximum atomic E-state index is 6.20. The topological polar surface area (TPSA) is 0 Å². The molecule has 1 aromatic carbocycles. The number of hydrogen-bond acceptors (Lipinski definition) is 0. The largest absolute Gasteiger partial charge is 0.118 e. The predicted octanol–water partition coefficient (Wildman–Crippen LogP) is 4.07. The molecule has 0 fully saturated rings. The molecule has 2 heteroatoms. The van der Waals surface area contributed by atoms with Crippen LogP contribution in [-0.2, 0) is 6.42 Å². The van der Waals surface area contributed by atoms with Gasteiger partial charge in [0.1, 0.15) is 0 Å². The van der Waals surface area contributed by atoms with Crippen LogP contribution in [0.15, 0.2) is 22.7 Å². The summed E-state index contributed by atoms with van der Waals surface area (Å²) >= 11 is 9.66. The molecule has 0 aliphatic heterocycles. The zero-order chi connectivity index (χ0) is 8.55. The van der Waals surface area contributed by atoms with Crippen molar-refractivity contribution in [1.82, 2.24) is 0 Å². The summed E-state index contributed by atoms with van der Waals surface area (Å²) in [5.74, 6) is 0. The van der Waals surface area contributed by atoms with Gasteiger partial charge in [-0.1, -0.05) is 22.0 Å². The van der Waals surface area contributed by atoms with Crippen LogP contribution < -0.4 is 0 Å². The van der Waals surface area contributed by atoms with Crippen molar-refractivity contribution < 1.29 is 0 Å². The van der Waals surface area contributed by atoms with E-state index in [1.54, 1.807) is 0 Å². The van der Waals surface area contributed by atoms with Crippen molar-refractivity contribution in [2.75, 3.05) is 0 Å². The highest BCUT2D eigenvalue weighted by atomic mass is 79.9. The molecule has 0 heterocycles. The molecular weight excluding hydrogens is 235 g/mol. The molecule has 0 aromatic heterocycles. The van der Waals surface area contributed by atoms with Crippen LogP contribution in [0.25, 0.3) is 0 Å². The average Bonchev–Trinajstić information content (AvgIpc) is 2.07. The average molecular weight is 246 g/mol. The van der Waals surface area contributed by atoms with E-state index in [0.717, 1.165) is 10.9 Å². The highest BCUT2D eigenvalue weighted by molar-refractivity contribution is 9.10. The quantitative estimate of drug-likeness (QED) is 0.605. The van der Waals surface area contributed by atoms with Crippen molar-refractivity contribution in [2.45, 2.75) is 24.6 Å². The third kappa shape index (κ3) is 1.53. The lowest BCUT2D eigenvalue weighted by Crippen LogP contribution is -2.04. The molecule has 2 rings (SSSR count). The van der Waals surface area contributed by atoms with Gasteiger partial charge in [-0.3, -0.25) is 0 Å². The van der Waals surface area contributed by atoms with Gasteiger partial charge in [0.25, 0.3) is 0 Å². The van der Waals surface area contributed by atoms with E-state index in [-0.39, 0.29) is 5.38 Å². The number of halogens is 2. The Balaban J connectivity index is 2.47. The Kier molecular flexibility index (Phi) is 2.42. The van der Waals surface area contributed by atoms with Crippen LogP contribution in [0, 0.1) is 0 Å². The first-order chi connectivity index (χ1) is 5.77. The van der Waals surface area contributed by atoms with E-state index in [9.17, 15) is 0 Å². The minimum atomic E-state index is 0.228. The van der Waals surface area contributed by atoms with E-state index in [1.165, 1.54) is 24.0 Å². The molecule has 0 spiro atoms. The zero-order valence-electron chi connectivity index (χ0n) is 6.69. The summed E-state index contributed by atoms with van der Waals surface area (Å²) in [5, 5.41) is 0.228. The number of fused-ring (bicyclic) bond motifs is 1. The van der Waals surface area contributed by atoms with Gasteiger partial charge < -0.3 is 0 Å². The first kappa shape index (κ1) is 8.58. The van der Waals surface area contributed by atoms with Crippen molar-refractivity contribution in [1.29, 1.82) is 0 Å². The van der Waals surface area contributed by atoms with E-state index in [0.29, 0.717) is 0 Å². The number of aryl methyl sites for hydroxylation is 1. The second kappa shape index (κ2) is 3.39. The molecule has 0 N–H and O–H groups in total. The van der Waals surface area contributed by atoms with Gasteiger partial charge >= 0.3 is 0 Å². The highest BCUT2D eigenvalue weighted by Crippen LogP contribution is 2.35. The Bertz CT molecular complexity index is 296. The molecule has 1 atom stereocenters. The maximum absolute atomic E-state index is 6.20. The molecule has 0 radical (unpaired) electrons. The molecule has 12 heavy (non-hydrogen) atoms. The molecule has 0 nitrogen and oxygen atoms in total. The van der Waals surface area contributed by atoms with Gasteiger partial charge in [-0.05, 0) is 42.5 Å². The molecule has 0 bridgehead atoms. The Morgan fingerprint density at radius 3 is 3.08 bits per heavy atom. The van der Waals surface area contributed by atoms with Gasteiger partial charge in [0.2, 0.25) is 0 Å². The van der Waals surface area contributed by atoms with Crippen LogP contribution >= 0.6 is 27.5 Å². The summed E-state index contributed by atoms with van der Waals surface area (Å²) in [6.07, 6.45) is 3.53. The Hall–Kier alpha value is -0.0100. The summed E-state index contributed by atoms with van der Waals surface area (Å²) < 4.78 is 1.13. The van der Waals surface area contributed by atoms with E-state index < -0.39 is 0 Å². The SMILES string of the molecule is Cl[C@H]1CCCc2ccc(Br)cc21. The fourth-order valence-electron chi connectivity index (χ4n) is 1.71. The second-order valence-electron chi connectivity index (χ2n) is 3.20. The van der Waals surface area contributed by atoms with Crippen LogP contribution in [0.4, 0.5) is 0 Å². The molecule has 64 valence electrons. The van der Waals surface area contributed by atoms with Crippen LogP contribution in [0.1, 0.15) is 29.3 Å². The first-order valence-corrected chi connectivity index (χ1v) is 5.43. The lowest BCUT2D eigenvalue weighted by atomic mass is 9.91. The van der Waals surface area contributed by atoms with E-state index in [4.69, 9.17) is 11.6 Å². The van der Waals surface area contributed by atoms with Crippen molar-refractivity contribution in [2.24, 2.45) is 0 Å². The summed E-state index contributed by atoms with van der Waals surface area (Å²) in [5.41, 5.74) is 2.74. The maximum Gasteiger partial charge on any atom is 0.0588 e. The van der Waals surface area contributed by atoms with Crippen LogP contribution in [-0.4, -0.2) is 0 Å². The fraction of sp³-hybridized carbons (Fsp3) is 0.400. The molecule has 0 saturated carbocycles. The smallest absolute Gasteiger partial charge is 0.0588 e. The van der Waals surface area contributed by atoms with Gasteiger partial charge in [0.05, 0.1) is 5.38 Å². The monoisotopic (exact) mass is 244 g/mol. The van der Waals surface area contributed by atoms with E-state index in [1.807, 2.05) is 0 Å². The van der Waals surface area contributed by atoms with Gasteiger partial charge in [-0.25, -0.2) is 0 Å². The van der Waals surface area contributed by atoms with Gasteiger partial charge in [0, 0.05) is 4.47 Å². The minimum absolute atomic E-state index is 0.228. The number of rotatable bonds is 0. The Morgan fingerprint density at radius 2 is 2.25 bits per heavy atom. The standard InChI is InChI=1S/C10H10BrCl/c11-8-5-4-7-2-1-3-10(12)9(7)6-8/h4-6,10H,1-3H2/t10-/m0/s1. The molecule has 0 saturated heterocycles. The summed E-state index contributed by atoms with van der Waals surface area (Å²) in [6.45, 7) is 0. The zero-order valence-corrected chi connectivity index (χ0v) is 9.03. The van der Waals surface area contributed by atoms with Gasteiger partial charge in [-0.2, -0.15) is 0 Å². The molecule has 0 unspecified atom stereocenters. The summed E-state index contributed by atoms with van der Waals surface area (Å²) in [6, 6.07) is 6.41. The van der Waals surface area contributed by atoms with Crippen LogP contribution in [0.3, 0.4) is 0 Å². The van der Waals surface area contributed by atoms with Crippen LogP contribution in [0.2, 0.25) is 0 Å². The first-order valence-electron chi connectivity index (χ1n) is 4.20. The number of benzene rings is 1. The third-order valence-electron chi connectivity index (χ3n) is 2.35.